The van der Waals surface area contributed by atoms with E-state index in [2.05, 4.69) is 52.9 Å². The number of piperidine rings is 1. The van der Waals surface area contributed by atoms with Crippen LogP contribution >= 0.6 is 0 Å². The number of nitrogens with zero attached hydrogens (tertiary/aromatic N) is 3. The number of anilines is 1. The van der Waals surface area contributed by atoms with Crippen molar-refractivity contribution >= 4 is 11.7 Å². The predicted octanol–water partition coefficient (Wildman–Crippen LogP) is 3.01. The Morgan fingerprint density at radius 1 is 1.20 bits per heavy atom. The molecule has 1 aromatic carbocycles. The zero-order chi connectivity index (χ0) is 17.4. The Bertz CT molecular complexity index is 641. The van der Waals surface area contributed by atoms with Crippen molar-refractivity contribution in [2.24, 2.45) is 16.3 Å². The fourth-order valence-electron chi connectivity index (χ4n) is 4.69. The third-order valence-corrected chi connectivity index (χ3v) is 5.74. The highest BCUT2D eigenvalue weighted by atomic mass is 16.5. The monoisotopic (exact) mass is 343 g/mol. The minimum absolute atomic E-state index is 0.273. The third kappa shape index (κ3) is 3.16. The van der Waals surface area contributed by atoms with Gasteiger partial charge in [0.15, 0.2) is 0 Å². The zero-order valence-electron chi connectivity index (χ0n) is 15.6. The summed E-state index contributed by atoms with van der Waals surface area (Å²) in [7, 11) is 0. The lowest BCUT2D eigenvalue weighted by atomic mass is 9.73. The van der Waals surface area contributed by atoms with E-state index in [0.717, 1.165) is 44.6 Å². The van der Waals surface area contributed by atoms with Gasteiger partial charge in [-0.3, -0.25) is 0 Å². The summed E-state index contributed by atoms with van der Waals surface area (Å²) in [4.78, 5) is 9.54. The van der Waals surface area contributed by atoms with Crippen LogP contribution in [0.5, 0.6) is 5.75 Å². The van der Waals surface area contributed by atoms with Crippen LogP contribution in [0.2, 0.25) is 0 Å². The predicted molar refractivity (Wildman–Crippen MR) is 100 cm³/mol. The molecule has 0 aliphatic carbocycles. The van der Waals surface area contributed by atoms with Crippen molar-refractivity contribution in [2.45, 2.75) is 33.2 Å². The van der Waals surface area contributed by atoms with Crippen LogP contribution in [0.25, 0.3) is 0 Å². The smallest absolute Gasteiger partial charge is 0.287 e. The van der Waals surface area contributed by atoms with Gasteiger partial charge >= 0.3 is 0 Å². The van der Waals surface area contributed by atoms with Crippen LogP contribution in [-0.2, 0) is 4.74 Å². The average molecular weight is 343 g/mol. The molecule has 2 bridgehead atoms. The molecular formula is C20H29N3O2. The maximum Gasteiger partial charge on any atom is 0.287 e. The molecule has 0 spiro atoms. The molecule has 5 nitrogen and oxygen atoms in total. The van der Waals surface area contributed by atoms with E-state index in [0.29, 0.717) is 18.6 Å². The van der Waals surface area contributed by atoms with Gasteiger partial charge in [0.25, 0.3) is 6.02 Å². The summed E-state index contributed by atoms with van der Waals surface area (Å²) in [5.74, 6) is 1.58. The molecule has 136 valence electrons. The Morgan fingerprint density at radius 2 is 2.00 bits per heavy atom. The summed E-state index contributed by atoms with van der Waals surface area (Å²) >= 11 is 0. The van der Waals surface area contributed by atoms with Crippen LogP contribution < -0.4 is 9.64 Å². The van der Waals surface area contributed by atoms with Gasteiger partial charge in [-0.1, -0.05) is 13.8 Å². The first-order valence-electron chi connectivity index (χ1n) is 9.48. The van der Waals surface area contributed by atoms with Gasteiger partial charge in [-0.2, -0.15) is 0 Å². The average Bonchev–Trinajstić information content (AvgIpc) is 3.00. The molecule has 0 radical (unpaired) electrons. The molecule has 4 heterocycles. The molecule has 2 atom stereocenters. The lowest BCUT2D eigenvalue weighted by Gasteiger charge is -2.48. The first kappa shape index (κ1) is 16.6. The van der Waals surface area contributed by atoms with E-state index < -0.39 is 0 Å². The van der Waals surface area contributed by atoms with Gasteiger partial charge in [-0.05, 0) is 48.9 Å². The molecule has 0 saturated carbocycles. The fourth-order valence-corrected chi connectivity index (χ4v) is 4.69. The maximum absolute atomic E-state index is 5.77. The van der Waals surface area contributed by atoms with Crippen LogP contribution in [0, 0.1) is 11.3 Å². The van der Waals surface area contributed by atoms with Crippen molar-refractivity contribution in [1.82, 2.24) is 4.90 Å². The first-order chi connectivity index (χ1) is 12.1. The second-order valence-electron chi connectivity index (χ2n) is 8.07. The summed E-state index contributed by atoms with van der Waals surface area (Å²) in [5.41, 5.74) is 1.57. The van der Waals surface area contributed by atoms with Crippen LogP contribution in [0.1, 0.15) is 27.2 Å². The van der Waals surface area contributed by atoms with Crippen molar-refractivity contribution in [2.75, 3.05) is 44.3 Å². The van der Waals surface area contributed by atoms with E-state index in [1.54, 1.807) is 0 Å². The van der Waals surface area contributed by atoms with Crippen molar-refractivity contribution in [3.05, 3.63) is 24.3 Å². The van der Waals surface area contributed by atoms with Crippen LogP contribution in [0.3, 0.4) is 0 Å². The summed E-state index contributed by atoms with van der Waals surface area (Å²) < 4.78 is 11.4. The quantitative estimate of drug-likeness (QED) is 0.845. The lowest BCUT2D eigenvalue weighted by molar-refractivity contribution is 0.191. The normalized spacial score (nSPS) is 27.7. The number of fused-ring (bicyclic) bond motifs is 4. The van der Waals surface area contributed by atoms with Gasteiger partial charge in [0.2, 0.25) is 0 Å². The zero-order valence-corrected chi connectivity index (χ0v) is 15.6. The fraction of sp³-hybridized carbons (Fsp3) is 0.650. The number of benzene rings is 1. The lowest BCUT2D eigenvalue weighted by Crippen LogP contribution is -2.54. The highest BCUT2D eigenvalue weighted by molar-refractivity contribution is 5.75. The van der Waals surface area contributed by atoms with Crippen LogP contribution in [0.4, 0.5) is 5.69 Å². The van der Waals surface area contributed by atoms with Crippen molar-refractivity contribution in [3.8, 4) is 5.75 Å². The summed E-state index contributed by atoms with van der Waals surface area (Å²) in [6.07, 6.45) is 1.26. The molecule has 2 unspecified atom stereocenters. The molecule has 5 rings (SSSR count). The number of rotatable bonds is 3. The molecule has 0 N–H and O–H groups in total. The van der Waals surface area contributed by atoms with Gasteiger partial charge in [0.1, 0.15) is 12.4 Å². The molecule has 3 fully saturated rings. The van der Waals surface area contributed by atoms with E-state index in [1.165, 1.54) is 12.1 Å². The van der Waals surface area contributed by atoms with Crippen LogP contribution in [0.15, 0.2) is 29.3 Å². The summed E-state index contributed by atoms with van der Waals surface area (Å²) in [6.45, 7) is 12.2. The Labute approximate surface area is 150 Å². The molecule has 3 saturated heterocycles. The number of amidine groups is 1. The highest BCUT2D eigenvalue weighted by Gasteiger charge is 2.46. The number of hydrogen-bond donors (Lipinski definition) is 0. The maximum atomic E-state index is 5.77. The van der Waals surface area contributed by atoms with Crippen LogP contribution in [-0.4, -0.2) is 56.4 Å². The molecule has 0 aromatic heterocycles. The first-order valence-corrected chi connectivity index (χ1v) is 9.48. The number of hydrogen-bond acceptors (Lipinski definition) is 5. The van der Waals surface area contributed by atoms with Gasteiger partial charge in [-0.15, -0.1) is 0 Å². The van der Waals surface area contributed by atoms with Crippen molar-refractivity contribution in [1.29, 1.82) is 0 Å². The molecule has 0 amide bonds. The van der Waals surface area contributed by atoms with Gasteiger partial charge in [0.05, 0.1) is 19.2 Å². The Balaban J connectivity index is 1.60. The number of aliphatic imine (C=N–C) groups is 1. The van der Waals surface area contributed by atoms with Crippen molar-refractivity contribution in [3.63, 3.8) is 0 Å². The number of ether oxygens (including phenoxy) is 2. The van der Waals surface area contributed by atoms with Gasteiger partial charge < -0.3 is 19.3 Å². The molecule has 25 heavy (non-hydrogen) atoms. The van der Waals surface area contributed by atoms with E-state index in [1.807, 2.05) is 6.92 Å². The van der Waals surface area contributed by atoms with Gasteiger partial charge in [0, 0.05) is 25.3 Å². The topological polar surface area (TPSA) is 37.3 Å². The summed E-state index contributed by atoms with van der Waals surface area (Å²) in [6, 6.07) is 9.90. The van der Waals surface area contributed by atoms with E-state index in [-0.39, 0.29) is 5.41 Å². The Hall–Kier alpha value is -1.91. The van der Waals surface area contributed by atoms with Crippen molar-refractivity contribution < 1.29 is 9.47 Å². The molecule has 4 aliphatic rings. The second kappa shape index (κ2) is 6.43. The van der Waals surface area contributed by atoms with Gasteiger partial charge in [-0.25, -0.2) is 4.99 Å². The Morgan fingerprint density at radius 3 is 2.68 bits per heavy atom. The SMILES string of the molecule is CCOc1ccc(N2CC3CN(C4=NCCO4)CC2C(C)(C)C3)cc1. The molecule has 4 aliphatic heterocycles. The van der Waals surface area contributed by atoms with E-state index >= 15 is 0 Å². The van der Waals surface area contributed by atoms with E-state index in [4.69, 9.17) is 9.47 Å². The minimum atomic E-state index is 0.273. The highest BCUT2D eigenvalue weighted by Crippen LogP contribution is 2.43. The molecular weight excluding hydrogens is 314 g/mol. The standard InChI is InChI=1S/C20H29N3O2/c1-4-24-17-7-5-16(6-8-17)23-13-15-11-20(2,3)18(23)14-22(12-15)19-21-9-10-25-19/h5-8,15,18H,4,9-14H2,1-3H3. The minimum Gasteiger partial charge on any atom is -0.494 e. The second-order valence-corrected chi connectivity index (χ2v) is 8.07. The Kier molecular flexibility index (Phi) is 4.26. The largest absolute Gasteiger partial charge is 0.494 e. The molecule has 5 heteroatoms. The summed E-state index contributed by atoms with van der Waals surface area (Å²) in [5, 5.41) is 0. The van der Waals surface area contributed by atoms with E-state index in [9.17, 15) is 0 Å². The third-order valence-electron chi connectivity index (χ3n) is 5.74. The molecule has 1 aromatic rings.